The van der Waals surface area contributed by atoms with Crippen LogP contribution in [0.3, 0.4) is 0 Å². The van der Waals surface area contributed by atoms with Crippen LogP contribution in [0, 0.1) is 0 Å². The van der Waals surface area contributed by atoms with Gasteiger partial charge in [0.2, 0.25) is 5.91 Å². The van der Waals surface area contributed by atoms with E-state index in [9.17, 15) is 4.79 Å². The number of alkyl halides is 1. The Kier molecular flexibility index (Phi) is 3.89. The van der Waals surface area contributed by atoms with Gasteiger partial charge in [0.25, 0.3) is 0 Å². The van der Waals surface area contributed by atoms with Crippen molar-refractivity contribution in [3.8, 4) is 0 Å². The number of carbonyl (C=O) groups excluding carboxylic acids is 1. The fraction of sp³-hybridized carbons (Fsp3) is 0.556. The third-order valence-electron chi connectivity index (χ3n) is 1.70. The Bertz CT molecular complexity index is 322. The molecule has 0 saturated heterocycles. The van der Waals surface area contributed by atoms with Crippen molar-refractivity contribution in [2.75, 3.05) is 5.32 Å². The van der Waals surface area contributed by atoms with Gasteiger partial charge in [-0.3, -0.25) is 4.79 Å². The average Bonchev–Trinajstić information content (AvgIpc) is 2.52. The monoisotopic (exact) mass is 232 g/mol. The van der Waals surface area contributed by atoms with E-state index >= 15 is 0 Å². The second-order valence-corrected chi connectivity index (χ2v) is 4.85. The van der Waals surface area contributed by atoms with Crippen molar-refractivity contribution in [1.82, 2.24) is 4.98 Å². The predicted octanol–water partition coefficient (Wildman–Crippen LogP) is 2.83. The first kappa shape index (κ1) is 11.5. The summed E-state index contributed by atoms with van der Waals surface area (Å²) in [6.45, 7) is 5.75. The molecule has 0 spiro atoms. The summed E-state index contributed by atoms with van der Waals surface area (Å²) in [5.74, 6) is 0.168. The zero-order chi connectivity index (χ0) is 10.7. The summed E-state index contributed by atoms with van der Waals surface area (Å²) in [5.41, 5.74) is 0.993. The molecule has 0 radical (unpaired) electrons. The van der Waals surface area contributed by atoms with E-state index in [1.807, 2.05) is 5.38 Å². The van der Waals surface area contributed by atoms with E-state index in [0.717, 1.165) is 5.69 Å². The molecule has 1 aromatic heterocycles. The molecule has 0 saturated carbocycles. The SMILES string of the molecule is CC(Cl)C(=O)Nc1nc(C(C)C)cs1. The lowest BCUT2D eigenvalue weighted by Gasteiger charge is -2.02. The fourth-order valence-electron chi connectivity index (χ4n) is 0.814. The van der Waals surface area contributed by atoms with Crippen LogP contribution >= 0.6 is 22.9 Å². The Hall–Kier alpha value is -0.610. The van der Waals surface area contributed by atoms with Gasteiger partial charge in [-0.1, -0.05) is 13.8 Å². The molecule has 78 valence electrons. The molecule has 1 N–H and O–H groups in total. The lowest BCUT2D eigenvalue weighted by Crippen LogP contribution is -2.20. The van der Waals surface area contributed by atoms with Crippen molar-refractivity contribution in [3.05, 3.63) is 11.1 Å². The lowest BCUT2D eigenvalue weighted by atomic mass is 10.2. The van der Waals surface area contributed by atoms with Gasteiger partial charge in [0, 0.05) is 5.38 Å². The molecule has 1 amide bonds. The smallest absolute Gasteiger partial charge is 0.243 e. The van der Waals surface area contributed by atoms with Gasteiger partial charge in [-0.15, -0.1) is 22.9 Å². The van der Waals surface area contributed by atoms with Crippen molar-refractivity contribution >= 4 is 34.0 Å². The van der Waals surface area contributed by atoms with Gasteiger partial charge in [-0.25, -0.2) is 4.98 Å². The molecule has 0 aliphatic carbocycles. The summed E-state index contributed by atoms with van der Waals surface area (Å²) in [5, 5.41) is 4.69. The number of hydrogen-bond acceptors (Lipinski definition) is 3. The number of aromatic nitrogens is 1. The number of hydrogen-bond donors (Lipinski definition) is 1. The second-order valence-electron chi connectivity index (χ2n) is 3.34. The van der Waals surface area contributed by atoms with E-state index < -0.39 is 5.38 Å². The van der Waals surface area contributed by atoms with E-state index in [1.54, 1.807) is 6.92 Å². The van der Waals surface area contributed by atoms with E-state index in [4.69, 9.17) is 11.6 Å². The molecule has 0 aliphatic rings. The first-order valence-electron chi connectivity index (χ1n) is 4.41. The molecule has 1 unspecified atom stereocenters. The Labute approximate surface area is 92.5 Å². The van der Waals surface area contributed by atoms with E-state index in [0.29, 0.717) is 11.0 Å². The van der Waals surface area contributed by atoms with Crippen molar-refractivity contribution in [2.24, 2.45) is 0 Å². The van der Waals surface area contributed by atoms with Crippen LogP contribution < -0.4 is 5.32 Å². The molecule has 0 fully saturated rings. The molecular weight excluding hydrogens is 220 g/mol. The lowest BCUT2D eigenvalue weighted by molar-refractivity contribution is -0.115. The highest BCUT2D eigenvalue weighted by atomic mass is 35.5. The van der Waals surface area contributed by atoms with Crippen LogP contribution in [0.1, 0.15) is 32.4 Å². The zero-order valence-corrected chi connectivity index (χ0v) is 9.95. The van der Waals surface area contributed by atoms with Crippen LogP contribution in [0.2, 0.25) is 0 Å². The van der Waals surface area contributed by atoms with Crippen molar-refractivity contribution < 1.29 is 4.79 Å². The molecule has 0 aromatic carbocycles. The number of nitrogens with zero attached hydrogens (tertiary/aromatic N) is 1. The quantitative estimate of drug-likeness (QED) is 0.815. The molecule has 0 aliphatic heterocycles. The number of thiazole rings is 1. The minimum atomic E-state index is -0.526. The van der Waals surface area contributed by atoms with Gasteiger partial charge in [0.05, 0.1) is 5.69 Å². The average molecular weight is 233 g/mol. The molecular formula is C9H13ClN2OS. The maximum atomic E-state index is 11.2. The third-order valence-corrected chi connectivity index (χ3v) is 2.68. The van der Waals surface area contributed by atoms with Crippen molar-refractivity contribution in [2.45, 2.75) is 32.1 Å². The number of nitrogens with one attached hydrogen (secondary N) is 1. The summed E-state index contributed by atoms with van der Waals surface area (Å²) in [6, 6.07) is 0. The highest BCUT2D eigenvalue weighted by Gasteiger charge is 2.12. The zero-order valence-electron chi connectivity index (χ0n) is 8.37. The molecule has 3 nitrogen and oxygen atoms in total. The Morgan fingerprint density at radius 2 is 2.21 bits per heavy atom. The van der Waals surface area contributed by atoms with Crippen molar-refractivity contribution in [3.63, 3.8) is 0 Å². The number of anilines is 1. The molecule has 0 bridgehead atoms. The van der Waals surface area contributed by atoms with Gasteiger partial charge in [0.15, 0.2) is 5.13 Å². The summed E-state index contributed by atoms with van der Waals surface area (Å²) < 4.78 is 0. The summed E-state index contributed by atoms with van der Waals surface area (Å²) in [6.07, 6.45) is 0. The molecule has 5 heteroatoms. The molecule has 14 heavy (non-hydrogen) atoms. The van der Waals surface area contributed by atoms with Gasteiger partial charge < -0.3 is 5.32 Å². The van der Waals surface area contributed by atoms with Crippen LogP contribution in [0.4, 0.5) is 5.13 Å². The van der Waals surface area contributed by atoms with E-state index in [-0.39, 0.29) is 5.91 Å². The third kappa shape index (κ3) is 2.96. The second kappa shape index (κ2) is 4.75. The summed E-state index contributed by atoms with van der Waals surface area (Å²) in [4.78, 5) is 15.5. The van der Waals surface area contributed by atoms with Gasteiger partial charge in [-0.05, 0) is 12.8 Å². The normalized spacial score (nSPS) is 12.9. The van der Waals surface area contributed by atoms with Crippen LogP contribution in [0.15, 0.2) is 5.38 Å². The van der Waals surface area contributed by atoms with E-state index in [2.05, 4.69) is 24.1 Å². The van der Waals surface area contributed by atoms with Crippen LogP contribution in [0.25, 0.3) is 0 Å². The first-order valence-corrected chi connectivity index (χ1v) is 5.72. The fourth-order valence-corrected chi connectivity index (χ4v) is 1.74. The number of rotatable bonds is 3. The van der Waals surface area contributed by atoms with E-state index in [1.165, 1.54) is 11.3 Å². The largest absolute Gasteiger partial charge is 0.301 e. The van der Waals surface area contributed by atoms with Gasteiger partial charge in [-0.2, -0.15) is 0 Å². The minimum Gasteiger partial charge on any atom is -0.301 e. The topological polar surface area (TPSA) is 42.0 Å². The standard InChI is InChI=1S/C9H13ClN2OS/c1-5(2)7-4-14-9(11-7)12-8(13)6(3)10/h4-6H,1-3H3,(H,11,12,13). The van der Waals surface area contributed by atoms with Gasteiger partial charge in [0.1, 0.15) is 5.38 Å². The molecule has 1 rings (SSSR count). The summed E-state index contributed by atoms with van der Waals surface area (Å²) >= 11 is 7.03. The minimum absolute atomic E-state index is 0.212. The first-order chi connectivity index (χ1) is 6.50. The van der Waals surface area contributed by atoms with Crippen LogP contribution in [0.5, 0.6) is 0 Å². The highest BCUT2D eigenvalue weighted by Crippen LogP contribution is 2.21. The Morgan fingerprint density at radius 3 is 2.64 bits per heavy atom. The predicted molar refractivity (Wildman–Crippen MR) is 60.1 cm³/mol. The number of carbonyl (C=O) groups is 1. The summed E-state index contributed by atoms with van der Waals surface area (Å²) in [7, 11) is 0. The van der Waals surface area contributed by atoms with Crippen LogP contribution in [-0.2, 0) is 4.79 Å². The Morgan fingerprint density at radius 1 is 1.57 bits per heavy atom. The van der Waals surface area contributed by atoms with Gasteiger partial charge >= 0.3 is 0 Å². The number of amides is 1. The number of halogens is 1. The maximum absolute atomic E-state index is 11.2. The van der Waals surface area contributed by atoms with Crippen molar-refractivity contribution in [1.29, 1.82) is 0 Å². The van der Waals surface area contributed by atoms with Crippen LogP contribution in [-0.4, -0.2) is 16.3 Å². The molecule has 1 heterocycles. The maximum Gasteiger partial charge on any atom is 0.243 e. The molecule has 1 atom stereocenters. The highest BCUT2D eigenvalue weighted by molar-refractivity contribution is 7.14. The molecule has 1 aromatic rings. The Balaban J connectivity index is 2.64.